The average Bonchev–Trinajstić information content (AvgIpc) is 0.972. The smallest absolute Gasteiger partial charge is 0.462 e. The van der Waals surface area contributed by atoms with Crippen LogP contribution < -0.4 is 0 Å². The van der Waals surface area contributed by atoms with E-state index < -0.39 is 97.5 Å². The van der Waals surface area contributed by atoms with Gasteiger partial charge in [0.1, 0.15) is 19.3 Å². The van der Waals surface area contributed by atoms with Crippen LogP contribution in [0.3, 0.4) is 0 Å². The number of unbranched alkanes of at least 4 members (excludes halogenated alkanes) is 33. The fourth-order valence-corrected chi connectivity index (χ4v) is 12.0. The van der Waals surface area contributed by atoms with Crippen LogP contribution in [-0.2, 0) is 65.4 Å². The zero-order chi connectivity index (χ0) is 71.8. The molecular weight excluding hydrogens is 1280 g/mol. The number of esters is 4. The summed E-state index contributed by atoms with van der Waals surface area (Å²) in [6, 6.07) is 0. The third kappa shape index (κ3) is 70.7. The van der Waals surface area contributed by atoms with Crippen LogP contribution in [0.1, 0.15) is 336 Å². The maximum absolute atomic E-state index is 13.1. The number of aliphatic hydroxyl groups is 1. The van der Waals surface area contributed by atoms with Gasteiger partial charge in [-0.2, -0.15) is 0 Å². The Morgan fingerprint density at radius 1 is 0.296 bits per heavy atom. The number of hydrogen-bond donors (Lipinski definition) is 3. The van der Waals surface area contributed by atoms with E-state index in [9.17, 15) is 43.2 Å². The number of carbonyl (C=O) groups is 4. The summed E-state index contributed by atoms with van der Waals surface area (Å²) in [5.41, 5.74) is 0. The fraction of sp³-hybridized carbons (Fsp3) is 0.772. The molecule has 5 atom stereocenters. The number of phosphoric acid groups is 2. The number of phosphoric ester groups is 2. The first-order chi connectivity index (χ1) is 47.7. The number of ether oxygens (including phenoxy) is 4. The van der Waals surface area contributed by atoms with E-state index in [0.717, 1.165) is 148 Å². The number of allylic oxidation sites excluding steroid dienone is 14. The number of hydrogen-bond acceptors (Lipinski definition) is 15. The summed E-state index contributed by atoms with van der Waals surface area (Å²) < 4.78 is 68.4. The van der Waals surface area contributed by atoms with Crippen LogP contribution in [0.5, 0.6) is 0 Å². The van der Waals surface area contributed by atoms with Crippen LogP contribution in [0.15, 0.2) is 85.1 Å². The topological polar surface area (TPSA) is 237 Å². The lowest BCUT2D eigenvalue weighted by Gasteiger charge is -2.21. The van der Waals surface area contributed by atoms with Gasteiger partial charge in [0.25, 0.3) is 0 Å². The Kier molecular flexibility index (Phi) is 68.9. The van der Waals surface area contributed by atoms with Gasteiger partial charge in [-0.1, -0.05) is 280 Å². The van der Waals surface area contributed by atoms with E-state index in [-0.39, 0.29) is 25.7 Å². The molecule has 0 saturated carbocycles. The molecule has 17 nitrogen and oxygen atoms in total. The van der Waals surface area contributed by atoms with Crippen LogP contribution in [0, 0.1) is 0 Å². The minimum Gasteiger partial charge on any atom is -0.462 e. The molecule has 568 valence electrons. The second kappa shape index (κ2) is 71.6. The molecule has 0 amide bonds. The van der Waals surface area contributed by atoms with Gasteiger partial charge in [-0.05, 0) is 116 Å². The lowest BCUT2D eigenvalue weighted by Crippen LogP contribution is -2.30. The van der Waals surface area contributed by atoms with E-state index in [4.69, 9.17) is 37.0 Å². The van der Waals surface area contributed by atoms with E-state index in [1.54, 1.807) is 0 Å². The van der Waals surface area contributed by atoms with Gasteiger partial charge in [-0.3, -0.25) is 37.3 Å². The van der Waals surface area contributed by atoms with Gasteiger partial charge in [0.15, 0.2) is 12.2 Å². The molecule has 19 heteroatoms. The summed E-state index contributed by atoms with van der Waals surface area (Å²) in [5, 5.41) is 10.6. The minimum atomic E-state index is -4.98. The fourth-order valence-electron chi connectivity index (χ4n) is 10.4. The molecule has 0 aromatic heterocycles. The molecule has 0 bridgehead atoms. The first-order valence-electron chi connectivity index (χ1n) is 38.8. The molecule has 3 N–H and O–H groups in total. The number of rotatable bonds is 73. The monoisotopic (exact) mass is 1420 g/mol. The van der Waals surface area contributed by atoms with Crippen molar-refractivity contribution in [2.45, 2.75) is 354 Å². The average molecular weight is 1420 g/mol. The predicted molar refractivity (Wildman–Crippen MR) is 399 cm³/mol. The Hall–Kier alpha value is -3.76. The summed E-state index contributed by atoms with van der Waals surface area (Å²) in [5.74, 6) is -2.21. The molecule has 0 aliphatic rings. The van der Waals surface area contributed by atoms with Crippen molar-refractivity contribution < 1.29 is 80.2 Å². The summed E-state index contributed by atoms with van der Waals surface area (Å²) in [6.45, 7) is 4.69. The highest BCUT2D eigenvalue weighted by atomic mass is 31.2. The van der Waals surface area contributed by atoms with Gasteiger partial charge in [-0.25, -0.2) is 9.13 Å². The Morgan fingerprint density at radius 2 is 0.541 bits per heavy atom. The summed E-state index contributed by atoms with van der Waals surface area (Å²) >= 11 is 0. The quantitative estimate of drug-likeness (QED) is 0.0169. The minimum absolute atomic E-state index is 0.0782. The van der Waals surface area contributed by atoms with Gasteiger partial charge in [-0.15, -0.1) is 0 Å². The molecule has 0 aromatic rings. The first kappa shape index (κ1) is 94.2. The normalized spacial score (nSPS) is 14.4. The third-order valence-electron chi connectivity index (χ3n) is 16.3. The second-order valence-corrected chi connectivity index (χ2v) is 28.8. The third-order valence-corrected chi connectivity index (χ3v) is 18.2. The zero-order valence-electron chi connectivity index (χ0n) is 62.0. The molecule has 5 unspecified atom stereocenters. The highest BCUT2D eigenvalue weighted by molar-refractivity contribution is 7.47. The van der Waals surface area contributed by atoms with E-state index >= 15 is 0 Å². The number of carbonyl (C=O) groups excluding carboxylic acids is 4. The maximum atomic E-state index is 13.1. The highest BCUT2D eigenvalue weighted by Crippen LogP contribution is 2.45. The van der Waals surface area contributed by atoms with Gasteiger partial charge >= 0.3 is 39.5 Å². The molecule has 98 heavy (non-hydrogen) atoms. The molecule has 0 aliphatic carbocycles. The molecule has 0 rings (SSSR count). The van der Waals surface area contributed by atoms with Crippen molar-refractivity contribution in [3.8, 4) is 0 Å². The van der Waals surface area contributed by atoms with Crippen LogP contribution in [0.25, 0.3) is 0 Å². The molecule has 0 aromatic carbocycles. The Labute approximate surface area is 595 Å². The highest BCUT2D eigenvalue weighted by Gasteiger charge is 2.30. The van der Waals surface area contributed by atoms with Crippen molar-refractivity contribution >= 4 is 39.5 Å². The largest absolute Gasteiger partial charge is 0.472 e. The maximum Gasteiger partial charge on any atom is 0.472 e. The second-order valence-electron chi connectivity index (χ2n) is 25.9. The van der Waals surface area contributed by atoms with Crippen molar-refractivity contribution in [3.05, 3.63) is 85.1 Å². The van der Waals surface area contributed by atoms with E-state index in [1.165, 1.54) is 109 Å². The molecule has 0 aliphatic heterocycles. The lowest BCUT2D eigenvalue weighted by molar-refractivity contribution is -0.161. The molecular formula is C79H140O17P2. The summed E-state index contributed by atoms with van der Waals surface area (Å²) in [6.07, 6.45) is 72.9. The first-order valence-corrected chi connectivity index (χ1v) is 41.8. The predicted octanol–water partition coefficient (Wildman–Crippen LogP) is 22.2. The standard InChI is InChI=1S/C79H140O17P2/c1-5-9-13-17-21-25-29-32-34-35-36-37-39-42-45-48-52-56-60-64-77(82)90-70-75(96-79(84)66-62-58-54-50-46-40-31-27-23-19-15-11-7-3)72-94-98(87,88)92-68-73(80)67-91-97(85,86)93-71-74(95-78(83)65-61-57-53-49-43-28-24-20-16-12-8-4)69-89-76(81)63-59-55-51-47-44-41-38-33-30-26-22-18-14-10-6-2/h9,13,20-21,24-25,27,31-32,34,36-37,42,45,73-75,80H,5-8,10-12,14-19,22-23,26,28-30,33,35,38-41,43-44,46-72H2,1-4H3,(H,85,86)(H,87,88)/b13-9-,24-20-,25-21-,31-27-,34-32-,37-36-,45-42-. The van der Waals surface area contributed by atoms with Crippen LogP contribution in [-0.4, -0.2) is 96.7 Å². The summed E-state index contributed by atoms with van der Waals surface area (Å²) in [4.78, 5) is 72.8. The van der Waals surface area contributed by atoms with Crippen molar-refractivity contribution in [1.29, 1.82) is 0 Å². The lowest BCUT2D eigenvalue weighted by atomic mass is 10.0. The Bertz CT molecular complexity index is 2190. The Morgan fingerprint density at radius 3 is 0.878 bits per heavy atom. The van der Waals surface area contributed by atoms with Gasteiger partial charge in [0.2, 0.25) is 0 Å². The van der Waals surface area contributed by atoms with Crippen molar-refractivity contribution in [3.63, 3.8) is 0 Å². The van der Waals surface area contributed by atoms with Gasteiger partial charge in [0.05, 0.1) is 26.4 Å². The molecule has 0 radical (unpaired) electrons. The number of aliphatic hydroxyl groups excluding tert-OH is 1. The van der Waals surface area contributed by atoms with E-state index in [1.807, 2.05) is 0 Å². The van der Waals surface area contributed by atoms with Crippen molar-refractivity contribution in [2.24, 2.45) is 0 Å². The van der Waals surface area contributed by atoms with Crippen molar-refractivity contribution in [1.82, 2.24) is 0 Å². The van der Waals surface area contributed by atoms with Crippen LogP contribution >= 0.6 is 15.6 Å². The van der Waals surface area contributed by atoms with Crippen LogP contribution in [0.4, 0.5) is 0 Å². The molecule has 0 spiro atoms. The molecule has 0 fully saturated rings. The molecule has 0 heterocycles. The molecule has 0 saturated heterocycles. The Balaban J connectivity index is 5.32. The van der Waals surface area contributed by atoms with Gasteiger partial charge < -0.3 is 33.8 Å². The van der Waals surface area contributed by atoms with Gasteiger partial charge in [0, 0.05) is 25.7 Å². The van der Waals surface area contributed by atoms with Crippen LogP contribution in [0.2, 0.25) is 0 Å². The van der Waals surface area contributed by atoms with E-state index in [0.29, 0.717) is 25.7 Å². The SMILES string of the molecule is CC/C=C\C/C=C\C/C=C\C/C=C\C/C=C\CCCCCC(=O)OCC(COP(=O)(O)OCC(O)COP(=O)(O)OCC(COC(=O)CCCCCCCCCCCCCCCCC)OC(=O)CCCCCCC/C=C\CCCC)OC(=O)CCCCCCC/C=C\CCCCCC. The zero-order valence-corrected chi connectivity index (χ0v) is 63.7. The van der Waals surface area contributed by atoms with Crippen molar-refractivity contribution in [2.75, 3.05) is 39.6 Å². The van der Waals surface area contributed by atoms with E-state index in [2.05, 4.69) is 113 Å². The summed E-state index contributed by atoms with van der Waals surface area (Å²) in [7, 11) is -9.95.